The molecule has 1 unspecified atom stereocenters. The summed E-state index contributed by atoms with van der Waals surface area (Å²) in [6, 6.07) is 0.316. The Bertz CT molecular complexity index is 506. The van der Waals surface area contributed by atoms with Crippen molar-refractivity contribution >= 4 is 29.9 Å². The first kappa shape index (κ1) is 23.2. The second-order valence-corrected chi connectivity index (χ2v) is 6.42. The summed E-state index contributed by atoms with van der Waals surface area (Å²) in [6.07, 6.45) is 3.33. The van der Waals surface area contributed by atoms with E-state index in [1.165, 1.54) is 24.1 Å². The average molecular weight is 449 g/mol. The van der Waals surface area contributed by atoms with Crippen molar-refractivity contribution in [3.8, 4) is 0 Å². The van der Waals surface area contributed by atoms with Gasteiger partial charge in [-0.2, -0.15) is 5.10 Å². The van der Waals surface area contributed by atoms with E-state index in [0.717, 1.165) is 31.2 Å². The van der Waals surface area contributed by atoms with Crippen LogP contribution in [0.3, 0.4) is 0 Å². The average Bonchev–Trinajstić information content (AvgIpc) is 2.74. The zero-order valence-electron chi connectivity index (χ0n) is 16.4. The van der Waals surface area contributed by atoms with Crippen molar-refractivity contribution in [3.05, 3.63) is 17.0 Å². The number of nitrogens with zero attached hydrogens (tertiary/aromatic N) is 3. The van der Waals surface area contributed by atoms with Crippen LogP contribution < -0.4 is 10.6 Å². The summed E-state index contributed by atoms with van der Waals surface area (Å²) < 4.78 is 1.96. The molecule has 0 spiro atoms. The Morgan fingerprint density at radius 2 is 1.83 bits per heavy atom. The zero-order chi connectivity index (χ0) is 17.4. The van der Waals surface area contributed by atoms with Crippen molar-refractivity contribution in [1.82, 2.24) is 20.4 Å². The van der Waals surface area contributed by atoms with Gasteiger partial charge in [0.25, 0.3) is 0 Å². The van der Waals surface area contributed by atoms with Gasteiger partial charge < -0.3 is 10.6 Å². The molecule has 6 heteroatoms. The van der Waals surface area contributed by atoms with Gasteiger partial charge in [0.1, 0.15) is 0 Å². The van der Waals surface area contributed by atoms with Crippen molar-refractivity contribution in [2.75, 3.05) is 13.1 Å². The number of guanidine groups is 1. The molecule has 0 saturated heterocycles. The smallest absolute Gasteiger partial charge is 0.191 e. The Hall–Kier alpha value is -0.790. The van der Waals surface area contributed by atoms with E-state index >= 15 is 0 Å². The molecular weight excluding hydrogens is 413 g/mol. The highest BCUT2D eigenvalue weighted by molar-refractivity contribution is 14.0. The van der Waals surface area contributed by atoms with Crippen LogP contribution >= 0.6 is 24.0 Å². The van der Waals surface area contributed by atoms with Crippen LogP contribution in [-0.4, -0.2) is 34.9 Å². The summed E-state index contributed by atoms with van der Waals surface area (Å²) in [5.41, 5.74) is 3.70. The monoisotopic (exact) mass is 449 g/mol. The second kappa shape index (κ2) is 11.7. The topological polar surface area (TPSA) is 54.2 Å². The highest BCUT2D eigenvalue weighted by Gasteiger charge is 2.14. The summed E-state index contributed by atoms with van der Waals surface area (Å²) in [7, 11) is 2.01. The molecular formula is C18H36IN5. The van der Waals surface area contributed by atoms with Gasteiger partial charge in [0.15, 0.2) is 5.96 Å². The van der Waals surface area contributed by atoms with Gasteiger partial charge in [-0.05, 0) is 45.6 Å². The number of nitrogens with one attached hydrogen (secondary N) is 2. The molecule has 1 aromatic rings. The van der Waals surface area contributed by atoms with E-state index in [-0.39, 0.29) is 24.0 Å². The number of aromatic nitrogens is 2. The number of aliphatic imine (C=N–C) groups is 1. The molecule has 1 aromatic heterocycles. The molecule has 1 atom stereocenters. The molecule has 2 N–H and O–H groups in total. The van der Waals surface area contributed by atoms with Gasteiger partial charge in [-0.3, -0.25) is 9.67 Å². The van der Waals surface area contributed by atoms with Gasteiger partial charge in [-0.15, -0.1) is 24.0 Å². The first-order chi connectivity index (χ1) is 10.9. The first-order valence-corrected chi connectivity index (χ1v) is 8.96. The molecule has 0 fully saturated rings. The first-order valence-electron chi connectivity index (χ1n) is 8.96. The van der Waals surface area contributed by atoms with E-state index in [0.29, 0.717) is 12.0 Å². The number of aryl methyl sites for hydroxylation is 2. The van der Waals surface area contributed by atoms with E-state index in [2.05, 4.69) is 57.3 Å². The molecule has 0 bridgehead atoms. The molecule has 5 nitrogen and oxygen atoms in total. The predicted octanol–water partition coefficient (Wildman–Crippen LogP) is 3.58. The van der Waals surface area contributed by atoms with Crippen molar-refractivity contribution in [3.63, 3.8) is 0 Å². The summed E-state index contributed by atoms with van der Waals surface area (Å²) in [4.78, 5) is 4.76. The van der Waals surface area contributed by atoms with E-state index in [9.17, 15) is 0 Å². The molecule has 0 saturated carbocycles. The van der Waals surface area contributed by atoms with Gasteiger partial charge in [-0.1, -0.05) is 26.7 Å². The van der Waals surface area contributed by atoms with Gasteiger partial charge in [0, 0.05) is 31.9 Å². The largest absolute Gasteiger partial charge is 0.357 e. The van der Waals surface area contributed by atoms with Crippen LogP contribution in [0.15, 0.2) is 4.99 Å². The second-order valence-electron chi connectivity index (χ2n) is 6.42. The highest BCUT2D eigenvalue weighted by Crippen LogP contribution is 2.14. The lowest BCUT2D eigenvalue weighted by atomic mass is 10.0. The standard InChI is InChI=1S/C18H35N5.HI/c1-8-16(9-2)12-20-18(19-10-3)21-13(4)11-17-14(5)22-23(7)15(17)6;/h13,16H,8-12H2,1-7H3,(H2,19,20,21);1H. The zero-order valence-corrected chi connectivity index (χ0v) is 18.8. The third-order valence-electron chi connectivity index (χ3n) is 4.56. The normalized spacial score (nSPS) is 12.9. The van der Waals surface area contributed by atoms with E-state index in [4.69, 9.17) is 4.99 Å². The molecule has 0 aromatic carbocycles. The number of hydrogen-bond donors (Lipinski definition) is 2. The van der Waals surface area contributed by atoms with Gasteiger partial charge >= 0.3 is 0 Å². The van der Waals surface area contributed by atoms with Crippen molar-refractivity contribution < 1.29 is 0 Å². The lowest BCUT2D eigenvalue weighted by Crippen LogP contribution is -2.43. The van der Waals surface area contributed by atoms with Crippen LogP contribution in [0.4, 0.5) is 0 Å². The maximum Gasteiger partial charge on any atom is 0.191 e. The predicted molar refractivity (Wildman–Crippen MR) is 114 cm³/mol. The maximum atomic E-state index is 4.76. The molecule has 140 valence electrons. The fraction of sp³-hybridized carbons (Fsp3) is 0.778. The molecule has 0 amide bonds. The Kier molecular flexibility index (Phi) is 11.3. The fourth-order valence-corrected chi connectivity index (χ4v) is 2.79. The van der Waals surface area contributed by atoms with Gasteiger partial charge in [-0.25, -0.2) is 0 Å². The minimum Gasteiger partial charge on any atom is -0.357 e. The van der Waals surface area contributed by atoms with Crippen LogP contribution in [0.25, 0.3) is 0 Å². The van der Waals surface area contributed by atoms with E-state index < -0.39 is 0 Å². The quantitative estimate of drug-likeness (QED) is 0.363. The SMILES string of the molecule is CCNC(=NCC(CC)CC)NC(C)Cc1c(C)nn(C)c1C.I. The molecule has 0 aliphatic carbocycles. The van der Waals surface area contributed by atoms with Crippen molar-refractivity contribution in [2.24, 2.45) is 18.0 Å². The summed E-state index contributed by atoms with van der Waals surface area (Å²) in [5.74, 6) is 1.59. The van der Waals surface area contributed by atoms with Crippen LogP contribution in [-0.2, 0) is 13.5 Å². The summed E-state index contributed by atoms with van der Waals surface area (Å²) in [6.45, 7) is 14.8. The van der Waals surface area contributed by atoms with E-state index in [1.807, 2.05) is 11.7 Å². The third-order valence-corrected chi connectivity index (χ3v) is 4.56. The van der Waals surface area contributed by atoms with Crippen LogP contribution in [0, 0.1) is 19.8 Å². The minimum atomic E-state index is 0. The lowest BCUT2D eigenvalue weighted by molar-refractivity contribution is 0.502. The number of rotatable bonds is 8. The lowest BCUT2D eigenvalue weighted by Gasteiger charge is -2.19. The summed E-state index contributed by atoms with van der Waals surface area (Å²) >= 11 is 0. The fourth-order valence-electron chi connectivity index (χ4n) is 2.79. The van der Waals surface area contributed by atoms with Crippen molar-refractivity contribution in [2.45, 2.75) is 66.8 Å². The van der Waals surface area contributed by atoms with Crippen LogP contribution in [0.5, 0.6) is 0 Å². The maximum absolute atomic E-state index is 4.76. The molecule has 0 aliphatic heterocycles. The third kappa shape index (κ3) is 6.99. The number of hydrogen-bond acceptors (Lipinski definition) is 2. The highest BCUT2D eigenvalue weighted by atomic mass is 127. The molecule has 0 radical (unpaired) electrons. The Morgan fingerprint density at radius 3 is 2.29 bits per heavy atom. The Labute approximate surface area is 165 Å². The minimum absolute atomic E-state index is 0. The molecule has 1 rings (SSSR count). The van der Waals surface area contributed by atoms with Crippen molar-refractivity contribution in [1.29, 1.82) is 0 Å². The number of halogens is 1. The van der Waals surface area contributed by atoms with Crippen LogP contribution in [0.1, 0.15) is 57.5 Å². The Balaban J connectivity index is 0.00000529. The van der Waals surface area contributed by atoms with Crippen LogP contribution in [0.2, 0.25) is 0 Å². The molecule has 0 aliphatic rings. The molecule has 24 heavy (non-hydrogen) atoms. The molecule has 1 heterocycles. The summed E-state index contributed by atoms with van der Waals surface area (Å²) in [5, 5.41) is 11.4. The van der Waals surface area contributed by atoms with Gasteiger partial charge in [0.2, 0.25) is 0 Å². The van der Waals surface area contributed by atoms with E-state index in [1.54, 1.807) is 0 Å². The van der Waals surface area contributed by atoms with Gasteiger partial charge in [0.05, 0.1) is 5.69 Å². The Morgan fingerprint density at radius 1 is 1.21 bits per heavy atom.